The molecule has 0 aliphatic heterocycles. The first kappa shape index (κ1) is 18.5. The Hall–Kier alpha value is -3.33. The minimum Gasteiger partial charge on any atom is -0.481 e. The van der Waals surface area contributed by atoms with Crippen molar-refractivity contribution in [1.29, 1.82) is 0 Å². The third-order valence-corrected chi connectivity index (χ3v) is 3.76. The first-order valence-electron chi connectivity index (χ1n) is 7.76. The second-order valence-electron chi connectivity index (χ2n) is 5.20. The van der Waals surface area contributed by atoms with E-state index in [4.69, 9.17) is 21.1 Å². The number of amides is 1. The molecule has 10 heteroatoms. The Morgan fingerprint density at radius 1 is 1.15 bits per heavy atom. The molecule has 0 aliphatic carbocycles. The summed E-state index contributed by atoms with van der Waals surface area (Å²) in [5.41, 5.74) is 1.33. The SMILES string of the molecule is COc1ccnc(CNC(=O)c2cc(-c3cnc(OC)c(Cl)c3)ncn2)n1. The van der Waals surface area contributed by atoms with Gasteiger partial charge in [0.2, 0.25) is 11.8 Å². The lowest BCUT2D eigenvalue weighted by Crippen LogP contribution is -2.25. The summed E-state index contributed by atoms with van der Waals surface area (Å²) in [7, 11) is 2.99. The Morgan fingerprint density at radius 3 is 2.74 bits per heavy atom. The summed E-state index contributed by atoms with van der Waals surface area (Å²) in [5.74, 6) is 0.758. The zero-order valence-electron chi connectivity index (χ0n) is 14.5. The lowest BCUT2D eigenvalue weighted by Gasteiger charge is -2.07. The van der Waals surface area contributed by atoms with E-state index in [1.165, 1.54) is 20.5 Å². The molecule has 0 radical (unpaired) electrons. The molecule has 0 aliphatic rings. The van der Waals surface area contributed by atoms with Gasteiger partial charge >= 0.3 is 0 Å². The van der Waals surface area contributed by atoms with Crippen LogP contribution in [0.3, 0.4) is 0 Å². The molecule has 0 atom stereocenters. The summed E-state index contributed by atoms with van der Waals surface area (Å²) in [4.78, 5) is 32.8. The molecule has 3 aromatic heterocycles. The molecule has 1 amide bonds. The Balaban J connectivity index is 1.74. The van der Waals surface area contributed by atoms with Crippen molar-refractivity contribution in [3.8, 4) is 23.0 Å². The van der Waals surface area contributed by atoms with Crippen LogP contribution in [0, 0.1) is 0 Å². The summed E-state index contributed by atoms with van der Waals surface area (Å²) in [5, 5.41) is 3.05. The third-order valence-electron chi connectivity index (χ3n) is 3.49. The highest BCUT2D eigenvalue weighted by atomic mass is 35.5. The monoisotopic (exact) mass is 386 g/mol. The number of nitrogens with one attached hydrogen (secondary N) is 1. The van der Waals surface area contributed by atoms with Crippen LogP contribution in [0.25, 0.3) is 11.3 Å². The highest BCUT2D eigenvalue weighted by molar-refractivity contribution is 6.32. The number of ether oxygens (including phenoxy) is 2. The van der Waals surface area contributed by atoms with Gasteiger partial charge in [0.15, 0.2) is 5.82 Å². The van der Waals surface area contributed by atoms with Crippen molar-refractivity contribution in [3.63, 3.8) is 0 Å². The summed E-state index contributed by atoms with van der Waals surface area (Å²) >= 11 is 6.09. The Labute approximate surface area is 159 Å². The van der Waals surface area contributed by atoms with Gasteiger partial charge in [0, 0.05) is 24.0 Å². The van der Waals surface area contributed by atoms with Crippen LogP contribution in [0.5, 0.6) is 11.8 Å². The second kappa shape index (κ2) is 8.37. The van der Waals surface area contributed by atoms with Crippen molar-refractivity contribution in [2.24, 2.45) is 0 Å². The van der Waals surface area contributed by atoms with Crippen LogP contribution in [-0.2, 0) is 6.54 Å². The average molecular weight is 387 g/mol. The summed E-state index contributed by atoms with van der Waals surface area (Å²) in [6.07, 6.45) is 4.40. The highest BCUT2D eigenvalue weighted by Gasteiger charge is 2.12. The fourth-order valence-electron chi connectivity index (χ4n) is 2.18. The van der Waals surface area contributed by atoms with Crippen LogP contribution in [-0.4, -0.2) is 45.0 Å². The van der Waals surface area contributed by atoms with E-state index in [1.807, 2.05) is 0 Å². The molecule has 27 heavy (non-hydrogen) atoms. The van der Waals surface area contributed by atoms with Crippen LogP contribution in [0.1, 0.15) is 16.3 Å². The van der Waals surface area contributed by atoms with E-state index in [0.717, 1.165) is 0 Å². The Kier molecular flexibility index (Phi) is 5.72. The molecule has 0 bridgehead atoms. The lowest BCUT2D eigenvalue weighted by atomic mass is 10.2. The third kappa shape index (κ3) is 4.45. The standard InChI is InChI=1S/C17H15ClN6O3/c1-26-15-3-4-19-14(24-15)8-20-16(25)13-6-12(22-9-23-13)10-5-11(18)17(27-2)21-7-10/h3-7,9H,8H2,1-2H3,(H,20,25). The quantitative estimate of drug-likeness (QED) is 0.683. The maximum absolute atomic E-state index is 12.4. The van der Waals surface area contributed by atoms with Crippen LogP contribution < -0.4 is 14.8 Å². The number of hydrogen-bond acceptors (Lipinski definition) is 8. The molecular formula is C17H15ClN6O3. The van der Waals surface area contributed by atoms with Crippen molar-refractivity contribution in [3.05, 3.63) is 53.5 Å². The van der Waals surface area contributed by atoms with E-state index in [0.29, 0.717) is 33.9 Å². The van der Waals surface area contributed by atoms with E-state index in [1.54, 1.807) is 30.6 Å². The number of halogens is 1. The van der Waals surface area contributed by atoms with Gasteiger partial charge in [-0.1, -0.05) is 11.6 Å². The highest BCUT2D eigenvalue weighted by Crippen LogP contribution is 2.26. The topological polar surface area (TPSA) is 112 Å². The van der Waals surface area contributed by atoms with Gasteiger partial charge in [0.05, 0.1) is 26.5 Å². The molecule has 3 rings (SSSR count). The lowest BCUT2D eigenvalue weighted by molar-refractivity contribution is 0.0944. The van der Waals surface area contributed by atoms with Crippen molar-refractivity contribution in [2.75, 3.05) is 14.2 Å². The number of aromatic nitrogens is 5. The van der Waals surface area contributed by atoms with E-state index in [9.17, 15) is 4.79 Å². The van der Waals surface area contributed by atoms with Gasteiger partial charge in [0.1, 0.15) is 17.0 Å². The fourth-order valence-corrected chi connectivity index (χ4v) is 2.43. The first-order chi connectivity index (χ1) is 13.1. The number of nitrogens with zero attached hydrogens (tertiary/aromatic N) is 5. The molecule has 0 saturated heterocycles. The van der Waals surface area contributed by atoms with Crippen molar-refractivity contribution in [1.82, 2.24) is 30.2 Å². The Bertz CT molecular complexity index is 969. The van der Waals surface area contributed by atoms with Crippen LogP contribution in [0.2, 0.25) is 5.02 Å². The van der Waals surface area contributed by atoms with Crippen molar-refractivity contribution < 1.29 is 14.3 Å². The normalized spacial score (nSPS) is 10.3. The van der Waals surface area contributed by atoms with Crippen LogP contribution in [0.15, 0.2) is 36.9 Å². The van der Waals surface area contributed by atoms with Gasteiger partial charge in [-0.15, -0.1) is 0 Å². The molecule has 3 heterocycles. The molecule has 9 nitrogen and oxygen atoms in total. The molecule has 1 N–H and O–H groups in total. The molecule has 0 aromatic carbocycles. The van der Waals surface area contributed by atoms with Gasteiger partial charge in [-0.3, -0.25) is 4.79 Å². The maximum atomic E-state index is 12.4. The minimum absolute atomic E-state index is 0.130. The maximum Gasteiger partial charge on any atom is 0.270 e. The van der Waals surface area contributed by atoms with E-state index >= 15 is 0 Å². The average Bonchev–Trinajstić information content (AvgIpc) is 2.72. The van der Waals surface area contributed by atoms with Crippen LogP contribution in [0.4, 0.5) is 0 Å². The number of methoxy groups -OCH3 is 2. The number of pyridine rings is 1. The van der Waals surface area contributed by atoms with Gasteiger partial charge in [-0.05, 0) is 12.1 Å². The number of rotatable bonds is 6. The number of carbonyl (C=O) groups is 1. The predicted molar refractivity (Wildman–Crippen MR) is 96.6 cm³/mol. The molecule has 3 aromatic rings. The van der Waals surface area contributed by atoms with E-state index in [2.05, 4.69) is 30.2 Å². The van der Waals surface area contributed by atoms with E-state index < -0.39 is 5.91 Å². The zero-order valence-corrected chi connectivity index (χ0v) is 15.3. The zero-order chi connectivity index (χ0) is 19.2. The van der Waals surface area contributed by atoms with Crippen LogP contribution >= 0.6 is 11.6 Å². The number of carbonyl (C=O) groups excluding carboxylic acids is 1. The largest absolute Gasteiger partial charge is 0.481 e. The minimum atomic E-state index is -0.391. The number of hydrogen-bond donors (Lipinski definition) is 1. The molecule has 0 spiro atoms. The van der Waals surface area contributed by atoms with Crippen molar-refractivity contribution in [2.45, 2.75) is 6.54 Å². The van der Waals surface area contributed by atoms with Gasteiger partial charge in [-0.2, -0.15) is 4.98 Å². The summed E-state index contributed by atoms with van der Waals surface area (Å²) in [6.45, 7) is 0.130. The molecule has 0 unspecified atom stereocenters. The van der Waals surface area contributed by atoms with Crippen molar-refractivity contribution >= 4 is 17.5 Å². The Morgan fingerprint density at radius 2 is 2.00 bits per heavy atom. The first-order valence-corrected chi connectivity index (χ1v) is 8.14. The smallest absolute Gasteiger partial charge is 0.270 e. The van der Waals surface area contributed by atoms with Gasteiger partial charge in [0.25, 0.3) is 5.91 Å². The fraction of sp³-hybridized carbons (Fsp3) is 0.176. The molecule has 138 valence electrons. The molecule has 0 saturated carbocycles. The second-order valence-corrected chi connectivity index (χ2v) is 5.61. The molecular weight excluding hydrogens is 372 g/mol. The van der Waals surface area contributed by atoms with Gasteiger partial charge < -0.3 is 14.8 Å². The summed E-state index contributed by atoms with van der Waals surface area (Å²) < 4.78 is 10.1. The predicted octanol–water partition coefficient (Wildman–Crippen LogP) is 1.93. The van der Waals surface area contributed by atoms with E-state index in [-0.39, 0.29) is 12.2 Å². The molecule has 0 fully saturated rings. The summed E-state index contributed by atoms with van der Waals surface area (Å²) in [6, 6.07) is 4.82. The van der Waals surface area contributed by atoms with Gasteiger partial charge in [-0.25, -0.2) is 19.9 Å².